The fourth-order valence-corrected chi connectivity index (χ4v) is 2.85. The van der Waals surface area contributed by atoms with Crippen molar-refractivity contribution >= 4 is 27.3 Å². The third kappa shape index (κ3) is 4.13. The predicted molar refractivity (Wildman–Crippen MR) is 69.8 cm³/mol. The molecule has 1 atom stereocenters. The summed E-state index contributed by atoms with van der Waals surface area (Å²) in [6, 6.07) is 2.85. The first kappa shape index (κ1) is 15.8. The lowest BCUT2D eigenvalue weighted by Gasteiger charge is -2.13. The van der Waals surface area contributed by atoms with Crippen LogP contribution in [0, 0.1) is 10.1 Å². The standard InChI is InChI=1S/C10H13ClN2O5S/c1-7(6-18-2)12-19(16,17)8-3-4-9(11)10(5-8)13(14)15/h3-5,7,12H,6H2,1-2H3/t7-/m1/s1. The summed E-state index contributed by atoms with van der Waals surface area (Å²) in [7, 11) is -2.41. The second-order valence-electron chi connectivity index (χ2n) is 3.85. The lowest BCUT2D eigenvalue weighted by atomic mass is 10.3. The van der Waals surface area contributed by atoms with Gasteiger partial charge >= 0.3 is 0 Å². The molecule has 106 valence electrons. The molecule has 0 aliphatic carbocycles. The number of benzene rings is 1. The van der Waals surface area contributed by atoms with E-state index in [2.05, 4.69) is 4.72 Å². The lowest BCUT2D eigenvalue weighted by Crippen LogP contribution is -2.35. The van der Waals surface area contributed by atoms with Gasteiger partial charge in [-0.3, -0.25) is 10.1 Å². The highest BCUT2D eigenvalue weighted by atomic mass is 35.5. The number of halogens is 1. The summed E-state index contributed by atoms with van der Waals surface area (Å²) in [5, 5.41) is 10.6. The van der Waals surface area contributed by atoms with E-state index < -0.39 is 26.7 Å². The summed E-state index contributed by atoms with van der Waals surface area (Å²) in [6.07, 6.45) is 0. The van der Waals surface area contributed by atoms with Crippen LogP contribution in [0.3, 0.4) is 0 Å². The fraction of sp³-hybridized carbons (Fsp3) is 0.400. The van der Waals surface area contributed by atoms with E-state index in [1.54, 1.807) is 6.92 Å². The maximum atomic E-state index is 12.0. The van der Waals surface area contributed by atoms with Crippen molar-refractivity contribution in [3.63, 3.8) is 0 Å². The van der Waals surface area contributed by atoms with Crippen molar-refractivity contribution in [2.75, 3.05) is 13.7 Å². The molecular weight excluding hydrogens is 296 g/mol. The van der Waals surface area contributed by atoms with E-state index in [0.29, 0.717) is 0 Å². The number of sulfonamides is 1. The van der Waals surface area contributed by atoms with Crippen molar-refractivity contribution in [3.8, 4) is 0 Å². The third-order valence-corrected chi connectivity index (χ3v) is 4.10. The first-order valence-corrected chi connectivity index (χ1v) is 7.09. The SMILES string of the molecule is COC[C@@H](C)NS(=O)(=O)c1ccc(Cl)c([N+](=O)[O-])c1. The van der Waals surface area contributed by atoms with Gasteiger partial charge in [-0.15, -0.1) is 0 Å². The number of nitrogens with one attached hydrogen (secondary N) is 1. The number of methoxy groups -OCH3 is 1. The zero-order valence-electron chi connectivity index (χ0n) is 10.3. The topological polar surface area (TPSA) is 98.5 Å². The molecule has 0 saturated carbocycles. The molecule has 0 spiro atoms. The van der Waals surface area contributed by atoms with E-state index in [4.69, 9.17) is 16.3 Å². The second-order valence-corrected chi connectivity index (χ2v) is 5.97. The molecule has 0 aliphatic rings. The van der Waals surface area contributed by atoms with Gasteiger partial charge in [0.05, 0.1) is 16.4 Å². The quantitative estimate of drug-likeness (QED) is 0.635. The minimum atomic E-state index is -3.85. The van der Waals surface area contributed by atoms with Gasteiger partial charge in [-0.25, -0.2) is 13.1 Å². The molecule has 0 unspecified atom stereocenters. The summed E-state index contributed by atoms with van der Waals surface area (Å²) in [6.45, 7) is 1.81. The average Bonchev–Trinajstić information content (AvgIpc) is 2.28. The van der Waals surface area contributed by atoms with Crippen LogP contribution in [0.1, 0.15) is 6.92 Å². The molecule has 1 aromatic carbocycles. The zero-order valence-corrected chi connectivity index (χ0v) is 11.9. The number of nitro benzene ring substituents is 1. The highest BCUT2D eigenvalue weighted by Crippen LogP contribution is 2.27. The van der Waals surface area contributed by atoms with Gasteiger partial charge in [0, 0.05) is 19.2 Å². The molecule has 0 amide bonds. The van der Waals surface area contributed by atoms with E-state index >= 15 is 0 Å². The van der Waals surface area contributed by atoms with Crippen molar-refractivity contribution in [2.24, 2.45) is 0 Å². The average molecular weight is 309 g/mol. The summed E-state index contributed by atoms with van der Waals surface area (Å²) < 4.78 is 31.1. The first-order valence-electron chi connectivity index (χ1n) is 5.23. The molecule has 1 rings (SSSR count). The van der Waals surface area contributed by atoms with Gasteiger partial charge < -0.3 is 4.74 Å². The normalized spacial score (nSPS) is 13.2. The van der Waals surface area contributed by atoms with Crippen LogP contribution in [0.25, 0.3) is 0 Å². The Kier molecular flexibility index (Phi) is 5.24. The maximum Gasteiger partial charge on any atom is 0.289 e. The maximum absolute atomic E-state index is 12.0. The minimum absolute atomic E-state index is 0.117. The van der Waals surface area contributed by atoms with Crippen LogP contribution in [-0.2, 0) is 14.8 Å². The van der Waals surface area contributed by atoms with Gasteiger partial charge in [-0.2, -0.15) is 0 Å². The van der Waals surface area contributed by atoms with Gasteiger partial charge in [0.15, 0.2) is 0 Å². The Morgan fingerprint density at radius 1 is 1.53 bits per heavy atom. The molecule has 0 radical (unpaired) electrons. The molecular formula is C10H13ClN2O5S. The molecule has 0 saturated heterocycles. The van der Waals surface area contributed by atoms with Crippen LogP contribution in [0.2, 0.25) is 5.02 Å². The Balaban J connectivity index is 3.08. The van der Waals surface area contributed by atoms with Gasteiger partial charge in [-0.05, 0) is 19.1 Å². The Bertz CT molecular complexity index is 575. The van der Waals surface area contributed by atoms with Crippen LogP contribution < -0.4 is 4.72 Å². The van der Waals surface area contributed by atoms with Crippen molar-refractivity contribution < 1.29 is 18.1 Å². The second kappa shape index (κ2) is 6.29. The van der Waals surface area contributed by atoms with Crippen LogP contribution in [0.15, 0.2) is 23.1 Å². The van der Waals surface area contributed by atoms with Crippen LogP contribution in [-0.4, -0.2) is 33.1 Å². The number of hydrogen-bond acceptors (Lipinski definition) is 5. The number of hydrogen-bond donors (Lipinski definition) is 1. The van der Waals surface area contributed by atoms with Crippen LogP contribution in [0.4, 0.5) is 5.69 Å². The van der Waals surface area contributed by atoms with Gasteiger partial charge in [0.1, 0.15) is 5.02 Å². The Labute approximate surface area is 115 Å². The predicted octanol–water partition coefficient (Wildman–Crippen LogP) is 1.56. The van der Waals surface area contributed by atoms with Crippen molar-refractivity contribution in [1.29, 1.82) is 0 Å². The molecule has 7 nitrogen and oxygen atoms in total. The molecule has 9 heteroatoms. The Morgan fingerprint density at radius 3 is 2.68 bits per heavy atom. The fourth-order valence-electron chi connectivity index (χ4n) is 1.42. The zero-order chi connectivity index (χ0) is 14.6. The number of ether oxygens (including phenoxy) is 1. The molecule has 19 heavy (non-hydrogen) atoms. The highest BCUT2D eigenvalue weighted by molar-refractivity contribution is 7.89. The van der Waals surface area contributed by atoms with E-state index in [9.17, 15) is 18.5 Å². The molecule has 0 aliphatic heterocycles. The number of nitrogens with zero attached hydrogens (tertiary/aromatic N) is 1. The van der Waals surface area contributed by atoms with Crippen LogP contribution in [0.5, 0.6) is 0 Å². The minimum Gasteiger partial charge on any atom is -0.383 e. The Hall–Kier alpha value is -1.22. The molecule has 0 heterocycles. The number of rotatable bonds is 6. The van der Waals surface area contributed by atoms with Gasteiger partial charge in [0.25, 0.3) is 5.69 Å². The highest BCUT2D eigenvalue weighted by Gasteiger charge is 2.22. The van der Waals surface area contributed by atoms with E-state index in [1.165, 1.54) is 19.2 Å². The monoisotopic (exact) mass is 308 g/mol. The molecule has 0 aromatic heterocycles. The summed E-state index contributed by atoms with van der Waals surface area (Å²) in [5.41, 5.74) is -0.455. The first-order chi connectivity index (χ1) is 8.77. The smallest absolute Gasteiger partial charge is 0.289 e. The molecule has 0 bridgehead atoms. The van der Waals surface area contributed by atoms with Gasteiger partial charge in [-0.1, -0.05) is 11.6 Å². The van der Waals surface area contributed by atoms with Gasteiger partial charge in [0.2, 0.25) is 10.0 Å². The van der Waals surface area contributed by atoms with Crippen molar-refractivity contribution in [1.82, 2.24) is 4.72 Å². The largest absolute Gasteiger partial charge is 0.383 e. The van der Waals surface area contributed by atoms with E-state index in [1.807, 2.05) is 0 Å². The third-order valence-electron chi connectivity index (χ3n) is 2.20. The summed E-state index contributed by atoms with van der Waals surface area (Å²) in [5.74, 6) is 0. The summed E-state index contributed by atoms with van der Waals surface area (Å²) in [4.78, 5) is 9.76. The Morgan fingerprint density at radius 2 is 2.16 bits per heavy atom. The van der Waals surface area contributed by atoms with E-state index in [-0.39, 0.29) is 16.5 Å². The molecule has 0 fully saturated rings. The summed E-state index contributed by atoms with van der Waals surface area (Å²) >= 11 is 5.62. The molecule has 1 aromatic rings. The number of nitro groups is 1. The van der Waals surface area contributed by atoms with Crippen LogP contribution >= 0.6 is 11.6 Å². The van der Waals surface area contributed by atoms with Crippen molar-refractivity contribution in [2.45, 2.75) is 17.9 Å². The van der Waals surface area contributed by atoms with Crippen molar-refractivity contribution in [3.05, 3.63) is 33.3 Å². The lowest BCUT2D eigenvalue weighted by molar-refractivity contribution is -0.384. The van der Waals surface area contributed by atoms with E-state index in [0.717, 1.165) is 6.07 Å². The molecule has 1 N–H and O–H groups in total.